The van der Waals surface area contributed by atoms with Gasteiger partial charge in [0.25, 0.3) is 0 Å². The van der Waals surface area contributed by atoms with Crippen LogP contribution >= 0.6 is 0 Å². The lowest BCUT2D eigenvalue weighted by atomic mass is 9.91. The smallest absolute Gasteiger partial charge is 0.0900 e. The highest BCUT2D eigenvalue weighted by molar-refractivity contribution is 5.87. The number of hydrogen-bond acceptors (Lipinski definition) is 9. The molecule has 0 saturated heterocycles. The molecule has 0 spiro atoms. The van der Waals surface area contributed by atoms with Gasteiger partial charge < -0.3 is 0 Å². The lowest BCUT2D eigenvalue weighted by molar-refractivity contribution is 1.22. The summed E-state index contributed by atoms with van der Waals surface area (Å²) in [4.78, 5) is 43.0. The quantitative estimate of drug-likeness (QED) is 0.0989. The van der Waals surface area contributed by atoms with E-state index in [-0.39, 0.29) is 0 Å². The molecule has 9 nitrogen and oxygen atoms in total. The van der Waals surface area contributed by atoms with E-state index in [0.717, 1.165) is 168 Å². The summed E-state index contributed by atoms with van der Waals surface area (Å²) in [5.74, 6) is 0. The zero-order chi connectivity index (χ0) is 64.0. The minimum absolute atomic E-state index is 0.787. The number of pyridine rings is 9. The molecular weight excluding hydrogens is 1170 g/mol. The van der Waals surface area contributed by atoms with Crippen molar-refractivity contribution in [1.82, 2.24) is 44.9 Å². The molecule has 0 atom stereocenters. The molecule has 0 unspecified atom stereocenters. The number of rotatable bonds is 15. The van der Waals surface area contributed by atoms with Crippen LogP contribution in [0.4, 0.5) is 0 Å². The highest BCUT2D eigenvalue weighted by Crippen LogP contribution is 2.40. The van der Waals surface area contributed by atoms with Crippen molar-refractivity contribution in [3.05, 3.63) is 347 Å². The molecule has 16 rings (SSSR count). The van der Waals surface area contributed by atoms with Crippen LogP contribution in [0.1, 0.15) is 0 Å². The molecule has 9 heterocycles. The minimum atomic E-state index is 0.787. The fourth-order valence-electron chi connectivity index (χ4n) is 12.3. The SMILES string of the molecule is c1ccc(-c2cc(-c3cccc(-c4ccc(-c5cc(-c6ccc(-c7cccc(-c8cc(-c9ccccn9)nc(-c9ccccn9)c8)c7)cc6)cc(-c6ccc(-c7cccc(-c8cc(-c9ccccn9)nc(-c9ccccn9)c8)c7)cc6)c5)cc4)c3)cc(-c3ccccn3)n2)nc1. The van der Waals surface area contributed by atoms with Gasteiger partial charge >= 0.3 is 0 Å². The number of benzene rings is 7. The van der Waals surface area contributed by atoms with Crippen LogP contribution in [0.2, 0.25) is 0 Å². The Kier molecular flexibility index (Phi) is 15.9. The molecule has 7 aromatic carbocycles. The predicted molar refractivity (Wildman–Crippen MR) is 388 cm³/mol. The topological polar surface area (TPSA) is 116 Å². The first kappa shape index (κ1) is 58.0. The summed E-state index contributed by atoms with van der Waals surface area (Å²) in [5.41, 5.74) is 29.1. The van der Waals surface area contributed by atoms with Gasteiger partial charge in [0.15, 0.2) is 0 Å². The van der Waals surface area contributed by atoms with E-state index in [1.807, 2.05) is 109 Å². The Morgan fingerprint density at radius 3 is 0.469 bits per heavy atom. The molecule has 96 heavy (non-hydrogen) atoms. The van der Waals surface area contributed by atoms with Gasteiger partial charge in [-0.15, -0.1) is 0 Å². The summed E-state index contributed by atoms with van der Waals surface area (Å²) in [7, 11) is 0. The highest BCUT2D eigenvalue weighted by Gasteiger charge is 2.17. The summed E-state index contributed by atoms with van der Waals surface area (Å²) in [6, 6.07) is 108. The Labute approximate surface area is 556 Å². The van der Waals surface area contributed by atoms with Gasteiger partial charge in [0.05, 0.1) is 68.3 Å². The van der Waals surface area contributed by atoms with E-state index >= 15 is 0 Å². The van der Waals surface area contributed by atoms with Crippen molar-refractivity contribution in [3.8, 4) is 168 Å². The molecule has 0 aliphatic carbocycles. The lowest BCUT2D eigenvalue weighted by Crippen LogP contribution is -1.94. The van der Waals surface area contributed by atoms with Gasteiger partial charge in [-0.25, -0.2) is 15.0 Å². The second-order valence-corrected chi connectivity index (χ2v) is 23.4. The van der Waals surface area contributed by atoms with Gasteiger partial charge in [0.2, 0.25) is 0 Å². The van der Waals surface area contributed by atoms with Gasteiger partial charge in [-0.1, -0.05) is 164 Å². The molecule has 0 amide bonds. The zero-order valence-electron chi connectivity index (χ0n) is 51.9. The first-order valence-electron chi connectivity index (χ1n) is 31.8. The maximum absolute atomic E-state index is 5.03. The monoisotopic (exact) mass is 1230 g/mol. The van der Waals surface area contributed by atoms with Gasteiger partial charge in [-0.3, -0.25) is 29.9 Å². The van der Waals surface area contributed by atoms with Crippen molar-refractivity contribution in [2.24, 2.45) is 0 Å². The zero-order valence-corrected chi connectivity index (χ0v) is 51.9. The van der Waals surface area contributed by atoms with Crippen LogP contribution in [-0.4, -0.2) is 44.9 Å². The third-order valence-electron chi connectivity index (χ3n) is 17.2. The van der Waals surface area contributed by atoms with E-state index in [4.69, 9.17) is 15.0 Å². The molecule has 0 saturated carbocycles. The Bertz CT molecular complexity index is 4680. The number of aromatic nitrogens is 9. The van der Waals surface area contributed by atoms with Crippen LogP contribution in [0.5, 0.6) is 0 Å². The molecule has 450 valence electrons. The van der Waals surface area contributed by atoms with Crippen molar-refractivity contribution in [2.75, 3.05) is 0 Å². The van der Waals surface area contributed by atoms with Crippen LogP contribution in [0.3, 0.4) is 0 Å². The van der Waals surface area contributed by atoms with Crippen molar-refractivity contribution in [1.29, 1.82) is 0 Å². The second kappa shape index (κ2) is 26.2. The summed E-state index contributed by atoms with van der Waals surface area (Å²) in [5, 5.41) is 0. The third kappa shape index (κ3) is 12.5. The minimum Gasteiger partial charge on any atom is -0.255 e. The molecule has 0 aliphatic heterocycles. The average Bonchev–Trinajstić information content (AvgIpc) is 0.951. The van der Waals surface area contributed by atoms with Crippen LogP contribution in [0.15, 0.2) is 347 Å². The van der Waals surface area contributed by atoms with Crippen LogP contribution in [0.25, 0.3) is 168 Å². The van der Waals surface area contributed by atoms with E-state index in [9.17, 15) is 0 Å². The van der Waals surface area contributed by atoms with Gasteiger partial charge in [0, 0.05) is 37.2 Å². The standard InChI is InChI=1S/C87H57N9/c1-7-40-88-76(22-1)82-52-73(53-83(94-82)77-23-2-8-41-89-77)67-19-13-16-64(46-67)58-28-34-61(35-29-58)70-49-71(62-36-30-59(31-37-62)65-17-14-20-68(47-65)74-54-84(78-24-3-9-42-90-78)95-85(55-74)79-25-4-10-43-91-79)51-72(50-70)63-38-32-60(33-39-63)66-18-15-21-69(48-66)75-56-86(80-26-5-11-44-92-80)96-87(57-75)81-27-6-12-45-93-81/h1-57H. The first-order valence-corrected chi connectivity index (χ1v) is 31.8. The molecule has 16 aromatic rings. The molecule has 0 N–H and O–H groups in total. The first-order chi connectivity index (χ1) is 47.5. The number of hydrogen-bond donors (Lipinski definition) is 0. The maximum atomic E-state index is 5.03. The molecule has 0 aliphatic rings. The van der Waals surface area contributed by atoms with Crippen molar-refractivity contribution in [2.45, 2.75) is 0 Å². The molecule has 9 heteroatoms. The normalized spacial score (nSPS) is 11.1. The van der Waals surface area contributed by atoms with Crippen LogP contribution in [0, 0.1) is 0 Å². The van der Waals surface area contributed by atoms with E-state index in [0.29, 0.717) is 0 Å². The summed E-state index contributed by atoms with van der Waals surface area (Å²) in [6.07, 6.45) is 10.8. The van der Waals surface area contributed by atoms with Crippen LogP contribution < -0.4 is 0 Å². The lowest BCUT2D eigenvalue weighted by Gasteiger charge is -2.14. The van der Waals surface area contributed by atoms with E-state index < -0.39 is 0 Å². The number of nitrogens with zero attached hydrogens (tertiary/aromatic N) is 9. The predicted octanol–water partition coefficient (Wildman–Crippen LogP) is 21.2. The third-order valence-corrected chi connectivity index (χ3v) is 17.2. The highest BCUT2D eigenvalue weighted by atomic mass is 14.8. The Balaban J connectivity index is 0.739. The maximum Gasteiger partial charge on any atom is 0.0900 e. The van der Waals surface area contributed by atoms with Crippen LogP contribution in [-0.2, 0) is 0 Å². The van der Waals surface area contributed by atoms with E-state index in [1.165, 1.54) is 0 Å². The molecular formula is C87H57N9. The fourth-order valence-corrected chi connectivity index (χ4v) is 12.3. The fraction of sp³-hybridized carbons (Fsp3) is 0. The Morgan fingerprint density at radius 1 is 0.115 bits per heavy atom. The largest absolute Gasteiger partial charge is 0.255 e. The van der Waals surface area contributed by atoms with Crippen molar-refractivity contribution >= 4 is 0 Å². The summed E-state index contributed by atoms with van der Waals surface area (Å²) < 4.78 is 0. The van der Waals surface area contributed by atoms with Gasteiger partial charge in [-0.05, 0) is 246 Å². The molecule has 9 aromatic heterocycles. The Morgan fingerprint density at radius 2 is 0.281 bits per heavy atom. The summed E-state index contributed by atoms with van der Waals surface area (Å²) in [6.45, 7) is 0. The molecule has 0 radical (unpaired) electrons. The van der Waals surface area contributed by atoms with E-state index in [2.05, 4.69) is 230 Å². The van der Waals surface area contributed by atoms with E-state index in [1.54, 1.807) is 37.2 Å². The summed E-state index contributed by atoms with van der Waals surface area (Å²) >= 11 is 0. The molecule has 0 fully saturated rings. The average molecular weight is 1230 g/mol. The Hall–Kier alpha value is -13.1. The van der Waals surface area contributed by atoms with Crippen molar-refractivity contribution in [3.63, 3.8) is 0 Å². The van der Waals surface area contributed by atoms with Crippen molar-refractivity contribution < 1.29 is 0 Å². The van der Waals surface area contributed by atoms with Gasteiger partial charge in [0.1, 0.15) is 0 Å². The second-order valence-electron chi connectivity index (χ2n) is 23.4. The van der Waals surface area contributed by atoms with Gasteiger partial charge in [-0.2, -0.15) is 0 Å². The molecule has 0 bridgehead atoms.